The van der Waals surface area contributed by atoms with Crippen LogP contribution in [0.25, 0.3) is 0 Å². The first-order valence-electron chi connectivity index (χ1n) is 4.67. The molecular formula is C12H11N2P. The highest BCUT2D eigenvalue weighted by molar-refractivity contribution is 7.27. The second-order valence-corrected chi connectivity index (χ2v) is 3.79. The van der Waals surface area contributed by atoms with E-state index in [-0.39, 0.29) is 0 Å². The summed E-state index contributed by atoms with van der Waals surface area (Å²) in [5, 5.41) is 9.40. The van der Waals surface area contributed by atoms with E-state index in [1.54, 1.807) is 0 Å². The first-order valence-corrected chi connectivity index (χ1v) is 5.25. The number of rotatable bonds is 2. The highest BCUT2D eigenvalue weighted by atomic mass is 31.0. The van der Waals surface area contributed by atoms with Crippen molar-refractivity contribution in [1.82, 2.24) is 0 Å². The zero-order chi connectivity index (χ0) is 10.5. The Morgan fingerprint density at radius 2 is 1.20 bits per heavy atom. The van der Waals surface area contributed by atoms with Crippen LogP contribution in [0.2, 0.25) is 0 Å². The lowest BCUT2D eigenvalue weighted by Crippen LogP contribution is -1.84. The molecule has 2 rings (SSSR count). The highest BCUT2D eigenvalue weighted by Gasteiger charge is 1.89. The normalized spacial score (nSPS) is 10.7. The summed E-state index contributed by atoms with van der Waals surface area (Å²) < 4.78 is 0. The van der Waals surface area contributed by atoms with E-state index >= 15 is 0 Å². The molecule has 15 heavy (non-hydrogen) atoms. The van der Waals surface area contributed by atoms with Gasteiger partial charge in [-0.25, -0.2) is 0 Å². The van der Waals surface area contributed by atoms with Gasteiger partial charge in [0.2, 0.25) is 0 Å². The van der Waals surface area contributed by atoms with Gasteiger partial charge in [-0.15, -0.1) is 9.24 Å². The van der Waals surface area contributed by atoms with Crippen LogP contribution in [0.1, 0.15) is 0 Å². The summed E-state index contributed by atoms with van der Waals surface area (Å²) >= 11 is 0. The molecule has 0 saturated carbocycles. The fourth-order valence-corrected chi connectivity index (χ4v) is 1.34. The zero-order valence-corrected chi connectivity index (χ0v) is 9.32. The largest absolute Gasteiger partial charge is 0.151 e. The highest BCUT2D eigenvalue weighted by Crippen LogP contribution is 2.16. The topological polar surface area (TPSA) is 24.7 Å². The minimum atomic E-state index is 0.866. The summed E-state index contributed by atoms with van der Waals surface area (Å²) in [6, 6.07) is 17.6. The molecule has 2 nitrogen and oxygen atoms in total. The van der Waals surface area contributed by atoms with Crippen LogP contribution in [-0.2, 0) is 0 Å². The standard InChI is InChI=1S/C12H11N2P/c15-12-8-6-11(7-9-12)14-13-10-4-2-1-3-5-10/h1-9H,15H2. The Bertz CT molecular complexity index is 449. The van der Waals surface area contributed by atoms with Crippen LogP contribution in [0.15, 0.2) is 64.8 Å². The number of azo groups is 1. The molecule has 0 aliphatic carbocycles. The van der Waals surface area contributed by atoms with Crippen molar-refractivity contribution in [3.8, 4) is 0 Å². The molecule has 2 aromatic rings. The first kappa shape index (κ1) is 10.0. The van der Waals surface area contributed by atoms with Crippen molar-refractivity contribution in [3.05, 3.63) is 54.6 Å². The van der Waals surface area contributed by atoms with Gasteiger partial charge in [-0.1, -0.05) is 30.3 Å². The summed E-state index contributed by atoms with van der Waals surface area (Å²) in [5.74, 6) is 0. The number of hydrogen-bond donors (Lipinski definition) is 0. The summed E-state index contributed by atoms with van der Waals surface area (Å²) in [5.41, 5.74) is 1.73. The third-order valence-electron chi connectivity index (χ3n) is 1.93. The number of benzene rings is 2. The third-order valence-corrected chi connectivity index (χ3v) is 2.32. The van der Waals surface area contributed by atoms with Crippen LogP contribution in [0.5, 0.6) is 0 Å². The Labute approximate surface area is 91.3 Å². The van der Waals surface area contributed by atoms with E-state index in [0.29, 0.717) is 0 Å². The van der Waals surface area contributed by atoms with Gasteiger partial charge in [0.05, 0.1) is 11.4 Å². The predicted octanol–water partition coefficient (Wildman–Crippen LogP) is 3.60. The van der Waals surface area contributed by atoms with Gasteiger partial charge in [-0.3, -0.25) is 0 Å². The molecule has 3 heteroatoms. The summed E-state index contributed by atoms with van der Waals surface area (Å²) in [6.07, 6.45) is 0. The molecule has 1 unspecified atom stereocenters. The quantitative estimate of drug-likeness (QED) is 0.539. The van der Waals surface area contributed by atoms with Crippen molar-refractivity contribution in [2.75, 3.05) is 0 Å². The Morgan fingerprint density at radius 1 is 0.667 bits per heavy atom. The van der Waals surface area contributed by atoms with E-state index in [0.717, 1.165) is 16.7 Å². The molecule has 0 amide bonds. The lowest BCUT2D eigenvalue weighted by atomic mass is 10.3. The van der Waals surface area contributed by atoms with Crippen molar-refractivity contribution in [2.24, 2.45) is 10.2 Å². The van der Waals surface area contributed by atoms with Gasteiger partial charge in [0.1, 0.15) is 0 Å². The van der Waals surface area contributed by atoms with Gasteiger partial charge in [0.25, 0.3) is 0 Å². The third kappa shape index (κ3) is 2.97. The van der Waals surface area contributed by atoms with Crippen LogP contribution in [0.4, 0.5) is 11.4 Å². The number of hydrogen-bond acceptors (Lipinski definition) is 2. The minimum Gasteiger partial charge on any atom is -0.151 e. The molecule has 2 aromatic carbocycles. The molecule has 0 fully saturated rings. The van der Waals surface area contributed by atoms with Crippen molar-refractivity contribution < 1.29 is 0 Å². The van der Waals surface area contributed by atoms with Crippen LogP contribution < -0.4 is 5.30 Å². The summed E-state index contributed by atoms with van der Waals surface area (Å²) in [6.45, 7) is 0. The molecule has 0 saturated heterocycles. The average Bonchev–Trinajstić information content (AvgIpc) is 2.30. The van der Waals surface area contributed by atoms with Crippen molar-refractivity contribution in [3.63, 3.8) is 0 Å². The average molecular weight is 214 g/mol. The van der Waals surface area contributed by atoms with Gasteiger partial charge in [-0.05, 0) is 29.6 Å². The monoisotopic (exact) mass is 214 g/mol. The molecule has 0 N–H and O–H groups in total. The van der Waals surface area contributed by atoms with Crippen molar-refractivity contribution in [1.29, 1.82) is 0 Å². The van der Waals surface area contributed by atoms with E-state index in [1.165, 1.54) is 0 Å². The molecule has 0 aliphatic heterocycles. The second kappa shape index (κ2) is 4.81. The SMILES string of the molecule is Pc1ccc(N=Nc2ccccc2)cc1. The smallest absolute Gasteiger partial charge is 0.0857 e. The second-order valence-electron chi connectivity index (χ2n) is 3.13. The van der Waals surface area contributed by atoms with Crippen molar-refractivity contribution in [2.45, 2.75) is 0 Å². The molecular weight excluding hydrogens is 203 g/mol. The van der Waals surface area contributed by atoms with Crippen LogP contribution in [-0.4, -0.2) is 0 Å². The first-order chi connectivity index (χ1) is 7.34. The van der Waals surface area contributed by atoms with Gasteiger partial charge < -0.3 is 0 Å². The zero-order valence-electron chi connectivity index (χ0n) is 8.17. The van der Waals surface area contributed by atoms with E-state index in [9.17, 15) is 0 Å². The molecule has 1 atom stereocenters. The maximum absolute atomic E-state index is 4.13. The maximum Gasteiger partial charge on any atom is 0.0857 e. The van der Waals surface area contributed by atoms with Crippen LogP contribution >= 0.6 is 9.24 Å². The van der Waals surface area contributed by atoms with E-state index in [1.807, 2.05) is 54.6 Å². The van der Waals surface area contributed by atoms with Gasteiger partial charge in [-0.2, -0.15) is 10.2 Å². The van der Waals surface area contributed by atoms with Gasteiger partial charge in [0, 0.05) is 0 Å². The lowest BCUT2D eigenvalue weighted by Gasteiger charge is -1.93. The van der Waals surface area contributed by atoms with E-state index in [4.69, 9.17) is 0 Å². The summed E-state index contributed by atoms with van der Waals surface area (Å²) in [7, 11) is 2.64. The summed E-state index contributed by atoms with van der Waals surface area (Å²) in [4.78, 5) is 0. The number of nitrogens with zero attached hydrogens (tertiary/aromatic N) is 2. The van der Waals surface area contributed by atoms with Gasteiger partial charge in [0.15, 0.2) is 0 Å². The van der Waals surface area contributed by atoms with Crippen LogP contribution in [0, 0.1) is 0 Å². The molecule has 74 valence electrons. The Hall–Kier alpha value is -1.53. The molecule has 0 radical (unpaired) electrons. The molecule has 0 spiro atoms. The maximum atomic E-state index is 4.13. The van der Waals surface area contributed by atoms with E-state index < -0.39 is 0 Å². The minimum absolute atomic E-state index is 0.866. The molecule has 0 aromatic heterocycles. The Balaban J connectivity index is 2.15. The van der Waals surface area contributed by atoms with Crippen molar-refractivity contribution >= 4 is 25.9 Å². The molecule has 0 aliphatic rings. The Morgan fingerprint density at radius 3 is 1.80 bits per heavy atom. The molecule has 0 bridgehead atoms. The molecule has 0 heterocycles. The van der Waals surface area contributed by atoms with E-state index in [2.05, 4.69) is 19.5 Å². The predicted molar refractivity (Wildman–Crippen MR) is 66.4 cm³/mol. The fourth-order valence-electron chi connectivity index (χ4n) is 1.15. The fraction of sp³-hybridized carbons (Fsp3) is 0. The van der Waals surface area contributed by atoms with Gasteiger partial charge >= 0.3 is 0 Å². The van der Waals surface area contributed by atoms with Crippen LogP contribution in [0.3, 0.4) is 0 Å². The lowest BCUT2D eigenvalue weighted by molar-refractivity contribution is 1.23. The Kier molecular flexibility index (Phi) is 3.21.